The lowest BCUT2D eigenvalue weighted by molar-refractivity contribution is -0.138. The fourth-order valence-corrected chi connectivity index (χ4v) is 3.64. The standard InChI is InChI=1S/C26H32N4O4/c1-4-33-26(31)24(15-27)25(29-21-9-11-22(32-3)12-10-21)28-16-23-18-30(13-14-34-23)17-20-7-5-19(2)6-8-20/h5-12,23,28-29H,4,13-14,16-18H2,1-3H3/b25-24-. The molecule has 0 spiro atoms. The van der Waals surface area contributed by atoms with Crippen LogP contribution in [-0.2, 0) is 20.8 Å². The number of nitriles is 1. The van der Waals surface area contributed by atoms with Gasteiger partial charge in [0.15, 0.2) is 5.57 Å². The first-order valence-corrected chi connectivity index (χ1v) is 11.4. The highest BCUT2D eigenvalue weighted by atomic mass is 16.5. The van der Waals surface area contributed by atoms with Crippen molar-refractivity contribution in [2.75, 3.05) is 45.3 Å². The molecule has 1 unspecified atom stereocenters. The fraction of sp³-hybridized carbons (Fsp3) is 0.385. The Kier molecular flexibility index (Phi) is 9.32. The average molecular weight is 465 g/mol. The number of aryl methyl sites for hydroxylation is 1. The SMILES string of the molecule is CCOC(=O)/C(C#N)=C(/NCC1CN(Cc2ccc(C)cc2)CCO1)Nc1ccc(OC)cc1. The Hall–Kier alpha value is -3.54. The molecule has 8 heteroatoms. The van der Waals surface area contributed by atoms with E-state index in [4.69, 9.17) is 14.2 Å². The van der Waals surface area contributed by atoms with Crippen molar-refractivity contribution in [2.24, 2.45) is 0 Å². The predicted molar refractivity (Wildman–Crippen MR) is 130 cm³/mol. The Balaban J connectivity index is 1.69. The molecule has 1 fully saturated rings. The van der Waals surface area contributed by atoms with E-state index in [9.17, 15) is 10.1 Å². The minimum Gasteiger partial charge on any atom is -0.497 e. The molecule has 0 bridgehead atoms. The largest absolute Gasteiger partial charge is 0.497 e. The van der Waals surface area contributed by atoms with Gasteiger partial charge in [0.1, 0.15) is 17.6 Å². The van der Waals surface area contributed by atoms with Gasteiger partial charge in [-0.3, -0.25) is 4.90 Å². The van der Waals surface area contributed by atoms with Gasteiger partial charge in [0.05, 0.1) is 26.4 Å². The fourth-order valence-electron chi connectivity index (χ4n) is 3.64. The summed E-state index contributed by atoms with van der Waals surface area (Å²) in [7, 11) is 1.59. The predicted octanol–water partition coefficient (Wildman–Crippen LogP) is 3.20. The lowest BCUT2D eigenvalue weighted by Crippen LogP contribution is -2.46. The first kappa shape index (κ1) is 25.1. The van der Waals surface area contributed by atoms with Crippen molar-refractivity contribution >= 4 is 11.7 Å². The number of hydrogen-bond donors (Lipinski definition) is 2. The van der Waals surface area contributed by atoms with E-state index in [-0.39, 0.29) is 24.1 Å². The number of hydrogen-bond acceptors (Lipinski definition) is 8. The van der Waals surface area contributed by atoms with Crippen LogP contribution in [0.2, 0.25) is 0 Å². The van der Waals surface area contributed by atoms with Crippen LogP contribution in [0.4, 0.5) is 5.69 Å². The Bertz CT molecular complexity index is 1010. The maximum Gasteiger partial charge on any atom is 0.352 e. The van der Waals surface area contributed by atoms with Gasteiger partial charge >= 0.3 is 5.97 Å². The molecule has 0 radical (unpaired) electrons. The molecule has 0 aliphatic carbocycles. The second kappa shape index (κ2) is 12.6. The molecule has 1 aliphatic rings. The number of benzene rings is 2. The number of carbonyl (C=O) groups excluding carboxylic acids is 1. The van der Waals surface area contributed by atoms with Crippen LogP contribution in [0.15, 0.2) is 59.9 Å². The molecule has 0 saturated carbocycles. The highest BCUT2D eigenvalue weighted by Crippen LogP contribution is 2.18. The van der Waals surface area contributed by atoms with Crippen molar-refractivity contribution in [1.29, 1.82) is 5.26 Å². The number of nitrogens with one attached hydrogen (secondary N) is 2. The van der Waals surface area contributed by atoms with E-state index >= 15 is 0 Å². The van der Waals surface area contributed by atoms with Crippen molar-refractivity contribution in [1.82, 2.24) is 10.2 Å². The second-order valence-electron chi connectivity index (χ2n) is 8.03. The summed E-state index contributed by atoms with van der Waals surface area (Å²) in [4.78, 5) is 14.7. The molecule has 180 valence electrons. The summed E-state index contributed by atoms with van der Waals surface area (Å²) in [6.45, 7) is 7.44. The molecule has 2 N–H and O–H groups in total. The van der Waals surface area contributed by atoms with E-state index in [1.807, 2.05) is 6.07 Å². The van der Waals surface area contributed by atoms with E-state index in [0.717, 1.165) is 19.6 Å². The smallest absolute Gasteiger partial charge is 0.352 e. The second-order valence-corrected chi connectivity index (χ2v) is 8.03. The first-order chi connectivity index (χ1) is 16.5. The maximum absolute atomic E-state index is 12.4. The highest BCUT2D eigenvalue weighted by molar-refractivity contribution is 5.94. The Morgan fingerprint density at radius 2 is 1.94 bits per heavy atom. The summed E-state index contributed by atoms with van der Waals surface area (Å²) >= 11 is 0. The summed E-state index contributed by atoms with van der Waals surface area (Å²) in [6.07, 6.45) is -0.103. The molecular formula is C26H32N4O4. The molecule has 2 aromatic rings. The third-order valence-electron chi connectivity index (χ3n) is 5.46. The number of esters is 1. The van der Waals surface area contributed by atoms with E-state index in [0.29, 0.717) is 24.6 Å². The molecule has 0 aromatic heterocycles. The van der Waals surface area contributed by atoms with Crippen LogP contribution < -0.4 is 15.4 Å². The van der Waals surface area contributed by atoms with Crippen LogP contribution in [-0.4, -0.2) is 56.9 Å². The molecule has 0 amide bonds. The van der Waals surface area contributed by atoms with Crippen LogP contribution in [0.25, 0.3) is 0 Å². The topological polar surface area (TPSA) is 95.9 Å². The Morgan fingerprint density at radius 3 is 2.59 bits per heavy atom. The van der Waals surface area contributed by atoms with Crippen molar-refractivity contribution in [2.45, 2.75) is 26.5 Å². The van der Waals surface area contributed by atoms with E-state index in [1.54, 1.807) is 38.3 Å². The third kappa shape index (κ3) is 7.24. The van der Waals surface area contributed by atoms with Gasteiger partial charge in [-0.1, -0.05) is 29.8 Å². The van der Waals surface area contributed by atoms with Crippen LogP contribution >= 0.6 is 0 Å². The summed E-state index contributed by atoms with van der Waals surface area (Å²) in [5, 5.41) is 16.0. The molecule has 2 aromatic carbocycles. The summed E-state index contributed by atoms with van der Waals surface area (Å²) < 4.78 is 16.2. The van der Waals surface area contributed by atoms with Crippen LogP contribution in [0, 0.1) is 18.3 Å². The zero-order valence-electron chi connectivity index (χ0n) is 20.0. The van der Waals surface area contributed by atoms with Crippen molar-refractivity contribution in [3.05, 3.63) is 71.1 Å². The van der Waals surface area contributed by atoms with Gasteiger partial charge in [0.25, 0.3) is 0 Å². The van der Waals surface area contributed by atoms with Crippen LogP contribution in [0.1, 0.15) is 18.1 Å². The number of carbonyl (C=O) groups is 1. The molecule has 3 rings (SSSR count). The number of rotatable bonds is 10. The van der Waals surface area contributed by atoms with E-state index < -0.39 is 5.97 Å². The third-order valence-corrected chi connectivity index (χ3v) is 5.46. The maximum atomic E-state index is 12.4. The van der Waals surface area contributed by atoms with Crippen LogP contribution in [0.3, 0.4) is 0 Å². The molecule has 8 nitrogen and oxygen atoms in total. The van der Waals surface area contributed by atoms with Crippen molar-refractivity contribution < 1.29 is 19.0 Å². The molecular weight excluding hydrogens is 432 g/mol. The molecule has 34 heavy (non-hydrogen) atoms. The van der Waals surface area contributed by atoms with Crippen molar-refractivity contribution in [3.63, 3.8) is 0 Å². The van der Waals surface area contributed by atoms with Gasteiger partial charge in [-0.25, -0.2) is 4.79 Å². The summed E-state index contributed by atoms with van der Waals surface area (Å²) in [5.74, 6) is 0.309. The highest BCUT2D eigenvalue weighted by Gasteiger charge is 2.23. The Morgan fingerprint density at radius 1 is 1.21 bits per heavy atom. The summed E-state index contributed by atoms with van der Waals surface area (Å²) in [6, 6.07) is 17.7. The summed E-state index contributed by atoms with van der Waals surface area (Å²) in [5.41, 5.74) is 3.08. The number of anilines is 1. The molecule has 1 atom stereocenters. The van der Waals surface area contributed by atoms with Gasteiger partial charge in [0.2, 0.25) is 0 Å². The monoisotopic (exact) mass is 464 g/mol. The quantitative estimate of drug-likeness (QED) is 0.314. The normalized spacial score (nSPS) is 16.7. The van der Waals surface area contributed by atoms with Crippen LogP contribution in [0.5, 0.6) is 5.75 Å². The lowest BCUT2D eigenvalue weighted by atomic mass is 10.1. The van der Waals surface area contributed by atoms with Gasteiger partial charge in [-0.15, -0.1) is 0 Å². The number of morpholine rings is 1. The zero-order valence-corrected chi connectivity index (χ0v) is 20.0. The minimum absolute atomic E-state index is 0.103. The Labute approximate surface area is 201 Å². The first-order valence-electron chi connectivity index (χ1n) is 11.4. The number of ether oxygens (including phenoxy) is 3. The van der Waals surface area contributed by atoms with Gasteiger partial charge in [-0.2, -0.15) is 5.26 Å². The number of methoxy groups -OCH3 is 1. The van der Waals surface area contributed by atoms with Crippen molar-refractivity contribution in [3.8, 4) is 11.8 Å². The van der Waals surface area contributed by atoms with Gasteiger partial charge in [0, 0.05) is 31.9 Å². The molecule has 1 aliphatic heterocycles. The average Bonchev–Trinajstić information content (AvgIpc) is 2.85. The zero-order chi connectivity index (χ0) is 24.3. The van der Waals surface area contributed by atoms with E-state index in [1.165, 1.54) is 11.1 Å². The van der Waals surface area contributed by atoms with E-state index in [2.05, 4.69) is 46.7 Å². The minimum atomic E-state index is -0.681. The van der Waals surface area contributed by atoms with Gasteiger partial charge < -0.3 is 24.8 Å². The number of nitrogens with zero attached hydrogens (tertiary/aromatic N) is 2. The van der Waals surface area contributed by atoms with Gasteiger partial charge in [-0.05, 0) is 43.7 Å². The molecule has 1 saturated heterocycles. The molecule has 1 heterocycles. The lowest BCUT2D eigenvalue weighted by Gasteiger charge is -2.33.